The maximum atomic E-state index is 11.7. The minimum atomic E-state index is 0.0627. The van der Waals surface area contributed by atoms with Crippen molar-refractivity contribution < 1.29 is 0 Å². The van der Waals surface area contributed by atoms with E-state index in [-0.39, 0.29) is 5.56 Å². The average molecular weight is 189 g/mol. The summed E-state index contributed by atoms with van der Waals surface area (Å²) in [5, 5.41) is 0. The molecule has 1 aliphatic carbocycles. The number of hydrogen-bond donors (Lipinski definition) is 1. The Balaban J connectivity index is 2.45. The highest BCUT2D eigenvalue weighted by Gasteiger charge is 2.15. The van der Waals surface area contributed by atoms with Gasteiger partial charge in [-0.25, -0.2) is 4.98 Å². The normalized spacial score (nSPS) is 15.7. The minimum absolute atomic E-state index is 0.0627. The third kappa shape index (κ3) is 0.937. The molecule has 0 spiro atoms. The van der Waals surface area contributed by atoms with Crippen LogP contribution < -0.4 is 5.56 Å². The van der Waals surface area contributed by atoms with E-state index in [9.17, 15) is 4.79 Å². The molecule has 4 nitrogen and oxygen atoms in total. The number of nitrogens with one attached hydrogen (secondary N) is 1. The van der Waals surface area contributed by atoms with Gasteiger partial charge in [0, 0.05) is 11.3 Å². The first-order chi connectivity index (χ1) is 6.86. The molecule has 2 aromatic rings. The average Bonchev–Trinajstić information content (AvgIpc) is 2.66. The van der Waals surface area contributed by atoms with E-state index in [1.165, 1.54) is 6.42 Å². The summed E-state index contributed by atoms with van der Waals surface area (Å²) in [6.07, 6.45) is 7.65. The Labute approximate surface area is 80.6 Å². The maximum Gasteiger partial charge on any atom is 0.254 e. The molecule has 0 atom stereocenters. The molecule has 14 heavy (non-hydrogen) atoms. The van der Waals surface area contributed by atoms with Gasteiger partial charge in [0.1, 0.15) is 12.0 Å². The van der Waals surface area contributed by atoms with Gasteiger partial charge in [-0.1, -0.05) is 0 Å². The van der Waals surface area contributed by atoms with Crippen LogP contribution in [0.25, 0.3) is 5.65 Å². The fourth-order valence-corrected chi connectivity index (χ4v) is 2.19. The smallest absolute Gasteiger partial charge is 0.254 e. The summed E-state index contributed by atoms with van der Waals surface area (Å²) in [5.74, 6) is 0. The van der Waals surface area contributed by atoms with Gasteiger partial charge in [-0.15, -0.1) is 0 Å². The summed E-state index contributed by atoms with van der Waals surface area (Å²) in [6, 6.07) is 0. The van der Waals surface area contributed by atoms with Gasteiger partial charge >= 0.3 is 0 Å². The molecule has 0 amide bonds. The van der Waals surface area contributed by atoms with Gasteiger partial charge < -0.3 is 4.98 Å². The quantitative estimate of drug-likeness (QED) is 0.669. The Morgan fingerprint density at radius 1 is 1.36 bits per heavy atom. The summed E-state index contributed by atoms with van der Waals surface area (Å²) in [5.41, 5.74) is 2.96. The highest BCUT2D eigenvalue weighted by Crippen LogP contribution is 2.18. The summed E-state index contributed by atoms with van der Waals surface area (Å²) in [7, 11) is 0. The predicted octanol–water partition coefficient (Wildman–Crippen LogP) is 0.901. The molecule has 0 bridgehead atoms. The van der Waals surface area contributed by atoms with Gasteiger partial charge in [0.15, 0.2) is 0 Å². The number of H-pyrrole nitrogens is 1. The molecule has 2 heterocycles. The largest absolute Gasteiger partial charge is 0.307 e. The van der Waals surface area contributed by atoms with E-state index in [2.05, 4.69) is 9.97 Å². The molecule has 0 aromatic carbocycles. The minimum Gasteiger partial charge on any atom is -0.307 e. The van der Waals surface area contributed by atoms with Gasteiger partial charge in [-0.3, -0.25) is 9.20 Å². The molecular formula is C10H11N3O. The fraction of sp³-hybridized carbons (Fsp3) is 0.400. The molecule has 4 heteroatoms. The van der Waals surface area contributed by atoms with Crippen molar-refractivity contribution in [2.24, 2.45) is 0 Å². The van der Waals surface area contributed by atoms with Crippen LogP contribution in [-0.2, 0) is 12.8 Å². The second-order valence-corrected chi connectivity index (χ2v) is 3.74. The molecule has 0 fully saturated rings. The van der Waals surface area contributed by atoms with Crippen LogP contribution >= 0.6 is 0 Å². The highest BCUT2D eigenvalue weighted by atomic mass is 16.1. The lowest BCUT2D eigenvalue weighted by Gasteiger charge is -2.15. The monoisotopic (exact) mass is 189 g/mol. The Morgan fingerprint density at radius 3 is 3.14 bits per heavy atom. The van der Waals surface area contributed by atoms with Gasteiger partial charge in [-0.2, -0.15) is 0 Å². The second-order valence-electron chi connectivity index (χ2n) is 3.74. The number of fused-ring (bicyclic) bond motifs is 3. The van der Waals surface area contributed by atoms with Crippen LogP contribution in [0.15, 0.2) is 17.3 Å². The molecule has 0 saturated carbocycles. The fourth-order valence-electron chi connectivity index (χ4n) is 2.19. The van der Waals surface area contributed by atoms with Gasteiger partial charge in [0.2, 0.25) is 0 Å². The van der Waals surface area contributed by atoms with Crippen molar-refractivity contribution in [3.05, 3.63) is 34.1 Å². The van der Waals surface area contributed by atoms with Crippen LogP contribution in [0.3, 0.4) is 0 Å². The number of aryl methyl sites for hydroxylation is 1. The zero-order valence-electron chi connectivity index (χ0n) is 7.79. The van der Waals surface area contributed by atoms with Crippen molar-refractivity contribution in [1.82, 2.24) is 14.4 Å². The number of imidazole rings is 1. The van der Waals surface area contributed by atoms with Gasteiger partial charge in [-0.05, 0) is 25.7 Å². The first kappa shape index (κ1) is 7.79. The van der Waals surface area contributed by atoms with Crippen LogP contribution in [0.1, 0.15) is 24.1 Å². The first-order valence-electron chi connectivity index (χ1n) is 4.92. The van der Waals surface area contributed by atoms with E-state index in [0.717, 1.165) is 36.2 Å². The topological polar surface area (TPSA) is 50.2 Å². The van der Waals surface area contributed by atoms with E-state index in [1.807, 2.05) is 4.40 Å². The molecule has 2 aromatic heterocycles. The van der Waals surface area contributed by atoms with Gasteiger partial charge in [0.25, 0.3) is 5.56 Å². The molecule has 1 N–H and O–H groups in total. The van der Waals surface area contributed by atoms with Crippen molar-refractivity contribution in [1.29, 1.82) is 0 Å². The van der Waals surface area contributed by atoms with Crippen LogP contribution in [0.2, 0.25) is 0 Å². The van der Waals surface area contributed by atoms with Crippen molar-refractivity contribution in [3.8, 4) is 0 Å². The summed E-state index contributed by atoms with van der Waals surface area (Å²) >= 11 is 0. The summed E-state index contributed by atoms with van der Waals surface area (Å²) < 4.78 is 2.00. The van der Waals surface area contributed by atoms with Crippen molar-refractivity contribution in [3.63, 3.8) is 0 Å². The number of nitrogens with zero attached hydrogens (tertiary/aromatic N) is 2. The summed E-state index contributed by atoms with van der Waals surface area (Å²) in [6.45, 7) is 0. The first-order valence-corrected chi connectivity index (χ1v) is 4.92. The molecule has 72 valence electrons. The zero-order chi connectivity index (χ0) is 9.54. The molecule has 3 rings (SSSR count). The molecule has 0 aliphatic heterocycles. The van der Waals surface area contributed by atoms with Crippen LogP contribution in [0.5, 0.6) is 0 Å². The predicted molar refractivity (Wildman–Crippen MR) is 52.5 cm³/mol. The Bertz CT molecular complexity index is 538. The zero-order valence-corrected chi connectivity index (χ0v) is 7.79. The van der Waals surface area contributed by atoms with E-state index < -0.39 is 0 Å². The molecule has 0 unspecified atom stereocenters. The van der Waals surface area contributed by atoms with E-state index in [0.29, 0.717) is 0 Å². The third-order valence-electron chi connectivity index (χ3n) is 2.88. The molecular weight excluding hydrogens is 178 g/mol. The lowest BCUT2D eigenvalue weighted by molar-refractivity contribution is 0.649. The molecule has 0 saturated heterocycles. The van der Waals surface area contributed by atoms with Crippen LogP contribution in [0.4, 0.5) is 0 Å². The van der Waals surface area contributed by atoms with Crippen LogP contribution in [0, 0.1) is 0 Å². The van der Waals surface area contributed by atoms with Crippen LogP contribution in [-0.4, -0.2) is 14.4 Å². The number of hydrogen-bond acceptors (Lipinski definition) is 2. The standard InChI is InChI=1S/C10H11N3O/c14-10-7-3-1-2-4-8(7)13-6-11-5-9(13)12-10/h5-6H,1-4H2,(H,12,14). The second kappa shape index (κ2) is 2.70. The van der Waals surface area contributed by atoms with E-state index >= 15 is 0 Å². The lowest BCUT2D eigenvalue weighted by atomic mass is 9.97. The Morgan fingerprint density at radius 2 is 2.21 bits per heavy atom. The highest BCUT2D eigenvalue weighted by molar-refractivity contribution is 5.39. The maximum absolute atomic E-state index is 11.7. The van der Waals surface area contributed by atoms with Crippen molar-refractivity contribution >= 4 is 5.65 Å². The Kier molecular flexibility index (Phi) is 1.50. The third-order valence-corrected chi connectivity index (χ3v) is 2.88. The molecule has 1 aliphatic rings. The Hall–Kier alpha value is -1.58. The van der Waals surface area contributed by atoms with E-state index in [4.69, 9.17) is 0 Å². The van der Waals surface area contributed by atoms with Crippen molar-refractivity contribution in [2.45, 2.75) is 25.7 Å². The van der Waals surface area contributed by atoms with Gasteiger partial charge in [0.05, 0.1) is 6.20 Å². The van der Waals surface area contributed by atoms with E-state index in [1.54, 1.807) is 12.5 Å². The molecule has 0 radical (unpaired) electrons. The lowest BCUT2D eigenvalue weighted by Crippen LogP contribution is -2.22. The number of aromatic nitrogens is 3. The van der Waals surface area contributed by atoms with Crippen molar-refractivity contribution in [2.75, 3.05) is 0 Å². The number of rotatable bonds is 0. The summed E-state index contributed by atoms with van der Waals surface area (Å²) in [4.78, 5) is 18.6. The SMILES string of the molecule is O=c1[nH]c2cncn2c2c1CCCC2. The number of aromatic amines is 1.